The molecule has 0 saturated heterocycles. The third kappa shape index (κ3) is 3.16. The van der Waals surface area contributed by atoms with Crippen LogP contribution in [0, 0.1) is 13.8 Å². The van der Waals surface area contributed by atoms with Crippen LogP contribution < -0.4 is 5.56 Å². The van der Waals surface area contributed by atoms with E-state index < -0.39 is 5.97 Å². The quantitative estimate of drug-likeness (QED) is 0.807. The number of aryl methyl sites for hydroxylation is 2. The largest absolute Gasteiger partial charge is 0.478 e. The Morgan fingerprint density at radius 2 is 2.11 bits per heavy atom. The fourth-order valence-electron chi connectivity index (χ4n) is 1.39. The van der Waals surface area contributed by atoms with Gasteiger partial charge in [0, 0.05) is 18.0 Å². The highest BCUT2D eigenvalue weighted by molar-refractivity contribution is 7.99. The first-order valence-corrected chi connectivity index (χ1v) is 6.10. The van der Waals surface area contributed by atoms with Gasteiger partial charge in [0.05, 0.1) is 11.3 Å². The number of rotatable bonds is 3. The zero-order valence-corrected chi connectivity index (χ0v) is 11.0. The highest BCUT2D eigenvalue weighted by atomic mass is 32.2. The molecular formula is C11H10N4O3S. The maximum Gasteiger partial charge on any atom is 0.339 e. The molecule has 19 heavy (non-hydrogen) atoms. The summed E-state index contributed by atoms with van der Waals surface area (Å²) in [6.45, 7) is 3.29. The molecule has 8 heteroatoms. The molecule has 0 radical (unpaired) electrons. The van der Waals surface area contributed by atoms with Crippen molar-refractivity contribution in [2.75, 3.05) is 0 Å². The van der Waals surface area contributed by atoms with Crippen molar-refractivity contribution in [1.29, 1.82) is 0 Å². The number of H-pyrrole nitrogens is 1. The first kappa shape index (κ1) is 13.2. The van der Waals surface area contributed by atoms with Gasteiger partial charge in [-0.3, -0.25) is 4.79 Å². The first-order chi connectivity index (χ1) is 8.95. The van der Waals surface area contributed by atoms with E-state index in [1.165, 1.54) is 12.3 Å². The summed E-state index contributed by atoms with van der Waals surface area (Å²) in [5.41, 5.74) is 0.744. The Bertz CT molecular complexity index is 699. The van der Waals surface area contributed by atoms with Gasteiger partial charge in [0.1, 0.15) is 0 Å². The molecule has 2 N–H and O–H groups in total. The van der Waals surface area contributed by atoms with E-state index in [0.29, 0.717) is 21.7 Å². The Kier molecular flexibility index (Phi) is 3.61. The van der Waals surface area contributed by atoms with Crippen LogP contribution in [0.3, 0.4) is 0 Å². The molecule has 0 aliphatic rings. The summed E-state index contributed by atoms with van der Waals surface area (Å²) < 4.78 is 0. The van der Waals surface area contributed by atoms with E-state index in [1.54, 1.807) is 13.8 Å². The third-order valence-corrected chi connectivity index (χ3v) is 2.99. The van der Waals surface area contributed by atoms with E-state index in [9.17, 15) is 9.59 Å². The van der Waals surface area contributed by atoms with Gasteiger partial charge in [-0.2, -0.15) is 0 Å². The first-order valence-electron chi connectivity index (χ1n) is 5.28. The molecule has 0 aliphatic carbocycles. The molecule has 98 valence electrons. The van der Waals surface area contributed by atoms with Crippen LogP contribution in [0.5, 0.6) is 0 Å². The maximum absolute atomic E-state index is 11.3. The highest BCUT2D eigenvalue weighted by Crippen LogP contribution is 2.20. The van der Waals surface area contributed by atoms with E-state index in [2.05, 4.69) is 19.9 Å². The van der Waals surface area contributed by atoms with Crippen LogP contribution in [-0.2, 0) is 0 Å². The number of aromatic carboxylic acids is 1. The van der Waals surface area contributed by atoms with E-state index in [4.69, 9.17) is 5.11 Å². The minimum atomic E-state index is -1.07. The fraction of sp³-hybridized carbons (Fsp3) is 0.182. The van der Waals surface area contributed by atoms with E-state index in [-0.39, 0.29) is 11.1 Å². The Balaban J connectivity index is 2.31. The van der Waals surface area contributed by atoms with Gasteiger partial charge in [0.2, 0.25) is 0 Å². The van der Waals surface area contributed by atoms with Gasteiger partial charge in [-0.1, -0.05) is 0 Å². The smallest absolute Gasteiger partial charge is 0.339 e. The zero-order valence-electron chi connectivity index (χ0n) is 10.2. The number of aromatic amines is 1. The molecule has 0 fully saturated rings. The molecule has 2 aromatic heterocycles. The molecule has 2 aromatic rings. The number of nitrogens with zero attached hydrogens (tertiary/aromatic N) is 3. The van der Waals surface area contributed by atoms with Crippen LogP contribution in [-0.4, -0.2) is 31.0 Å². The molecule has 2 rings (SSSR count). The van der Waals surface area contributed by atoms with Crippen molar-refractivity contribution < 1.29 is 9.90 Å². The summed E-state index contributed by atoms with van der Waals surface area (Å²) in [5, 5.41) is 9.57. The van der Waals surface area contributed by atoms with Crippen molar-refractivity contribution in [2.24, 2.45) is 0 Å². The average Bonchev–Trinajstić information content (AvgIpc) is 2.26. The number of nitrogens with one attached hydrogen (secondary N) is 1. The lowest BCUT2D eigenvalue weighted by Crippen LogP contribution is -2.08. The molecule has 0 aliphatic heterocycles. The van der Waals surface area contributed by atoms with E-state index in [0.717, 1.165) is 11.8 Å². The monoisotopic (exact) mass is 278 g/mol. The molecule has 0 saturated carbocycles. The Morgan fingerprint density at radius 1 is 1.37 bits per heavy atom. The van der Waals surface area contributed by atoms with Crippen LogP contribution in [0.25, 0.3) is 0 Å². The van der Waals surface area contributed by atoms with Crippen molar-refractivity contribution in [3.8, 4) is 0 Å². The van der Waals surface area contributed by atoms with Crippen LogP contribution >= 0.6 is 11.8 Å². The van der Waals surface area contributed by atoms with Gasteiger partial charge < -0.3 is 10.1 Å². The SMILES string of the molecule is Cc1cc(=O)[nH]c(Sc2ncc(C(=O)O)c(C)n2)n1. The molecule has 0 amide bonds. The van der Waals surface area contributed by atoms with Crippen LogP contribution in [0.1, 0.15) is 21.7 Å². The summed E-state index contributed by atoms with van der Waals surface area (Å²) in [5.74, 6) is -1.07. The van der Waals surface area contributed by atoms with Crippen molar-refractivity contribution in [1.82, 2.24) is 19.9 Å². The second-order valence-electron chi connectivity index (χ2n) is 3.75. The summed E-state index contributed by atoms with van der Waals surface area (Å²) in [6, 6.07) is 1.38. The molecule has 0 spiro atoms. The lowest BCUT2D eigenvalue weighted by Gasteiger charge is -2.03. The van der Waals surface area contributed by atoms with Gasteiger partial charge in [-0.25, -0.2) is 19.7 Å². The number of carbonyl (C=O) groups is 1. The van der Waals surface area contributed by atoms with E-state index in [1.807, 2.05) is 0 Å². The average molecular weight is 278 g/mol. The molecule has 2 heterocycles. The zero-order chi connectivity index (χ0) is 14.0. The van der Waals surface area contributed by atoms with Gasteiger partial charge in [0.25, 0.3) is 5.56 Å². The number of carboxylic acids is 1. The molecule has 7 nitrogen and oxygen atoms in total. The van der Waals surface area contributed by atoms with Crippen molar-refractivity contribution in [2.45, 2.75) is 24.2 Å². The molecule has 0 unspecified atom stereocenters. The summed E-state index contributed by atoms with van der Waals surface area (Å²) >= 11 is 1.07. The minimum absolute atomic E-state index is 0.0510. The van der Waals surface area contributed by atoms with Gasteiger partial charge in [-0.05, 0) is 25.6 Å². The topological polar surface area (TPSA) is 109 Å². The van der Waals surface area contributed by atoms with E-state index >= 15 is 0 Å². The minimum Gasteiger partial charge on any atom is -0.478 e. The number of hydrogen-bond donors (Lipinski definition) is 2. The molecule has 0 atom stereocenters. The third-order valence-electron chi connectivity index (χ3n) is 2.22. The normalized spacial score (nSPS) is 10.4. The van der Waals surface area contributed by atoms with Crippen molar-refractivity contribution >= 4 is 17.7 Å². The van der Waals surface area contributed by atoms with Gasteiger partial charge in [-0.15, -0.1) is 0 Å². The molecular weight excluding hydrogens is 268 g/mol. The highest BCUT2D eigenvalue weighted by Gasteiger charge is 2.11. The predicted octanol–water partition coefficient (Wildman–Crippen LogP) is 1.03. The number of hydrogen-bond acceptors (Lipinski definition) is 6. The molecule has 0 aromatic carbocycles. The van der Waals surface area contributed by atoms with Crippen LogP contribution in [0.15, 0.2) is 27.4 Å². The van der Waals surface area contributed by atoms with Crippen molar-refractivity contribution in [3.63, 3.8) is 0 Å². The second-order valence-corrected chi connectivity index (χ2v) is 4.71. The van der Waals surface area contributed by atoms with Crippen LogP contribution in [0.4, 0.5) is 0 Å². The lowest BCUT2D eigenvalue weighted by molar-refractivity contribution is 0.0695. The van der Waals surface area contributed by atoms with Gasteiger partial charge in [0.15, 0.2) is 10.3 Å². The number of aromatic nitrogens is 4. The summed E-state index contributed by atoms with van der Waals surface area (Å²) in [6.07, 6.45) is 1.24. The van der Waals surface area contributed by atoms with Crippen LogP contribution in [0.2, 0.25) is 0 Å². The Morgan fingerprint density at radius 3 is 2.68 bits per heavy atom. The Hall–Kier alpha value is -2.22. The summed E-state index contributed by atoms with van der Waals surface area (Å²) in [4.78, 5) is 36.8. The Labute approximate surface area is 112 Å². The predicted molar refractivity (Wildman–Crippen MR) is 67.4 cm³/mol. The standard InChI is InChI=1S/C11H10N4O3S/c1-5-3-8(16)15-11(13-5)19-10-12-4-7(9(17)18)6(2)14-10/h3-4H,1-2H3,(H,17,18)(H,13,15,16). The fourth-order valence-corrected chi connectivity index (χ4v) is 2.19. The lowest BCUT2D eigenvalue weighted by atomic mass is 10.2. The maximum atomic E-state index is 11.3. The second kappa shape index (κ2) is 5.19. The van der Waals surface area contributed by atoms with Crippen molar-refractivity contribution in [3.05, 3.63) is 39.6 Å². The summed E-state index contributed by atoms with van der Waals surface area (Å²) in [7, 11) is 0. The molecule has 0 bridgehead atoms. The van der Waals surface area contributed by atoms with Gasteiger partial charge >= 0.3 is 5.97 Å². The number of carboxylic acid groups (broad SMARTS) is 1.